The van der Waals surface area contributed by atoms with Gasteiger partial charge in [-0.2, -0.15) is 0 Å². The van der Waals surface area contributed by atoms with Crippen LogP contribution < -0.4 is 10.4 Å². The molecule has 0 aliphatic rings. The highest BCUT2D eigenvalue weighted by Gasteiger charge is 2.28. The van der Waals surface area contributed by atoms with Crippen LogP contribution in [0, 0.1) is 0 Å². The van der Waals surface area contributed by atoms with E-state index in [0.29, 0.717) is 6.42 Å². The Hall–Kier alpha value is -2.47. The highest BCUT2D eigenvalue weighted by Crippen LogP contribution is 2.37. The fourth-order valence-electron chi connectivity index (χ4n) is 2.70. The standard InChI is InChI=1S/C20H25N2O5P/c23-19(24)11-13-21-20(25)18(15-17-9-5-2-6-10-17)22-28(26,27)14-12-16-7-3-1-4-8-16/h1-10,18H,11-15H2,(H,21,25)(H,23,24)(H2,22,26,27)/t18-/m0/s1. The zero-order valence-corrected chi connectivity index (χ0v) is 16.3. The van der Waals surface area contributed by atoms with Crippen LogP contribution in [0.2, 0.25) is 0 Å². The van der Waals surface area contributed by atoms with Crippen LogP contribution >= 0.6 is 7.52 Å². The van der Waals surface area contributed by atoms with Crippen LogP contribution in [-0.2, 0) is 27.0 Å². The predicted octanol–water partition coefficient (Wildman–Crippen LogP) is 2.21. The van der Waals surface area contributed by atoms with Crippen molar-refractivity contribution in [2.24, 2.45) is 0 Å². The molecule has 4 N–H and O–H groups in total. The van der Waals surface area contributed by atoms with Gasteiger partial charge in [-0.15, -0.1) is 0 Å². The fraction of sp³-hybridized carbons (Fsp3) is 0.300. The smallest absolute Gasteiger partial charge is 0.305 e. The normalized spacial score (nSPS) is 14.0. The number of carbonyl (C=O) groups is 2. The summed E-state index contributed by atoms with van der Waals surface area (Å²) in [5, 5.41) is 13.8. The van der Waals surface area contributed by atoms with Crippen molar-refractivity contribution in [1.29, 1.82) is 0 Å². The van der Waals surface area contributed by atoms with Crippen LogP contribution in [0.5, 0.6) is 0 Å². The number of benzene rings is 2. The van der Waals surface area contributed by atoms with Crippen molar-refractivity contribution >= 4 is 19.4 Å². The van der Waals surface area contributed by atoms with Crippen LogP contribution in [0.3, 0.4) is 0 Å². The van der Waals surface area contributed by atoms with Crippen molar-refractivity contribution in [3.05, 3.63) is 71.8 Å². The molecule has 2 aromatic rings. The molecule has 7 nitrogen and oxygen atoms in total. The van der Waals surface area contributed by atoms with Gasteiger partial charge in [-0.05, 0) is 24.0 Å². The first-order chi connectivity index (χ1) is 13.4. The molecule has 0 radical (unpaired) electrons. The summed E-state index contributed by atoms with van der Waals surface area (Å²) in [5.41, 5.74) is 1.76. The molecule has 0 aromatic heterocycles. The number of amides is 1. The lowest BCUT2D eigenvalue weighted by Crippen LogP contribution is -2.45. The lowest BCUT2D eigenvalue weighted by molar-refractivity contribution is -0.137. The minimum Gasteiger partial charge on any atom is -0.481 e. The molecule has 0 aliphatic carbocycles. The first-order valence-electron chi connectivity index (χ1n) is 9.03. The molecule has 2 aromatic carbocycles. The Morgan fingerprint density at radius 1 is 0.964 bits per heavy atom. The van der Waals surface area contributed by atoms with E-state index >= 15 is 0 Å². The summed E-state index contributed by atoms with van der Waals surface area (Å²) in [4.78, 5) is 33.5. The molecule has 1 amide bonds. The zero-order chi connectivity index (χ0) is 20.4. The van der Waals surface area contributed by atoms with Gasteiger partial charge in [0.1, 0.15) is 0 Å². The predicted molar refractivity (Wildman–Crippen MR) is 107 cm³/mol. The average molecular weight is 404 g/mol. The number of aryl methyl sites for hydroxylation is 1. The van der Waals surface area contributed by atoms with Gasteiger partial charge in [-0.3, -0.25) is 14.2 Å². The van der Waals surface area contributed by atoms with E-state index in [1.807, 2.05) is 60.7 Å². The van der Waals surface area contributed by atoms with Gasteiger partial charge in [0.05, 0.1) is 12.5 Å². The van der Waals surface area contributed by atoms with E-state index in [-0.39, 0.29) is 25.5 Å². The third-order valence-corrected chi connectivity index (χ3v) is 5.69. The molecule has 8 heteroatoms. The van der Waals surface area contributed by atoms with Crippen LogP contribution in [0.1, 0.15) is 17.5 Å². The van der Waals surface area contributed by atoms with Gasteiger partial charge < -0.3 is 15.3 Å². The number of rotatable bonds is 11. The first kappa shape index (κ1) is 21.8. The molecule has 150 valence electrons. The number of carboxylic acid groups (broad SMARTS) is 1. The fourth-order valence-corrected chi connectivity index (χ4v) is 4.08. The first-order valence-corrected chi connectivity index (χ1v) is 10.9. The SMILES string of the molecule is O=C(O)CCNC(=O)[C@H](Cc1ccccc1)NP(=O)(O)CCc1ccccc1. The minimum absolute atomic E-state index is 0.00922. The number of nitrogens with one attached hydrogen (secondary N) is 2. The van der Waals surface area contributed by atoms with E-state index in [1.165, 1.54) is 0 Å². The number of hydrogen-bond acceptors (Lipinski definition) is 3. The van der Waals surface area contributed by atoms with E-state index in [1.54, 1.807) is 0 Å². The monoisotopic (exact) mass is 404 g/mol. The minimum atomic E-state index is -3.78. The number of hydrogen-bond donors (Lipinski definition) is 4. The van der Waals surface area contributed by atoms with Gasteiger partial charge in [0.25, 0.3) is 7.52 Å². The second-order valence-electron chi connectivity index (χ2n) is 6.47. The lowest BCUT2D eigenvalue weighted by Gasteiger charge is -2.22. The van der Waals surface area contributed by atoms with Crippen molar-refractivity contribution in [3.63, 3.8) is 0 Å². The van der Waals surface area contributed by atoms with Crippen LogP contribution in [0.4, 0.5) is 0 Å². The Kier molecular flexibility index (Phi) is 8.39. The Bertz CT molecular complexity index is 814. The molecule has 0 spiro atoms. The van der Waals surface area contributed by atoms with E-state index < -0.39 is 25.4 Å². The summed E-state index contributed by atoms with van der Waals surface area (Å²) in [6, 6.07) is 17.5. The molecule has 2 atom stereocenters. The van der Waals surface area contributed by atoms with E-state index in [0.717, 1.165) is 11.1 Å². The van der Waals surface area contributed by atoms with Gasteiger partial charge in [-0.1, -0.05) is 60.7 Å². The highest BCUT2D eigenvalue weighted by molar-refractivity contribution is 7.55. The molecular formula is C20H25N2O5P. The van der Waals surface area contributed by atoms with Crippen molar-refractivity contribution in [2.75, 3.05) is 12.7 Å². The van der Waals surface area contributed by atoms with Gasteiger partial charge in [0.2, 0.25) is 5.91 Å². The number of carbonyl (C=O) groups excluding carboxylic acids is 1. The molecule has 28 heavy (non-hydrogen) atoms. The average Bonchev–Trinajstić information content (AvgIpc) is 2.67. The maximum atomic E-state index is 12.6. The summed E-state index contributed by atoms with van der Waals surface area (Å²) in [6.45, 7) is -0.0408. The van der Waals surface area contributed by atoms with Crippen LogP contribution in [0.15, 0.2) is 60.7 Å². The summed E-state index contributed by atoms with van der Waals surface area (Å²) in [7, 11) is -3.78. The summed E-state index contributed by atoms with van der Waals surface area (Å²) in [5.74, 6) is -1.53. The van der Waals surface area contributed by atoms with Gasteiger partial charge >= 0.3 is 5.97 Å². The van der Waals surface area contributed by atoms with E-state index in [9.17, 15) is 19.0 Å². The zero-order valence-electron chi connectivity index (χ0n) is 15.5. The van der Waals surface area contributed by atoms with Crippen LogP contribution in [0.25, 0.3) is 0 Å². The highest BCUT2D eigenvalue weighted by atomic mass is 31.2. The second-order valence-corrected chi connectivity index (χ2v) is 8.58. The quantitative estimate of drug-likeness (QED) is 0.427. The van der Waals surface area contributed by atoms with Crippen molar-refractivity contribution < 1.29 is 24.2 Å². The van der Waals surface area contributed by atoms with Gasteiger partial charge in [-0.25, -0.2) is 5.09 Å². The lowest BCUT2D eigenvalue weighted by atomic mass is 10.1. The van der Waals surface area contributed by atoms with Crippen molar-refractivity contribution in [1.82, 2.24) is 10.4 Å². The third-order valence-electron chi connectivity index (χ3n) is 4.14. The maximum Gasteiger partial charge on any atom is 0.305 e. The summed E-state index contributed by atoms with van der Waals surface area (Å²) < 4.78 is 12.6. The molecule has 0 heterocycles. The molecule has 0 aliphatic heterocycles. The maximum absolute atomic E-state index is 12.6. The van der Waals surface area contributed by atoms with E-state index in [4.69, 9.17) is 5.11 Å². The number of aliphatic carboxylic acids is 1. The molecule has 1 unspecified atom stereocenters. The molecular weight excluding hydrogens is 379 g/mol. The largest absolute Gasteiger partial charge is 0.481 e. The Morgan fingerprint density at radius 2 is 1.54 bits per heavy atom. The van der Waals surface area contributed by atoms with Gasteiger partial charge in [0, 0.05) is 12.7 Å². The molecule has 0 fully saturated rings. The number of carboxylic acids is 1. The Morgan fingerprint density at radius 3 is 2.11 bits per heavy atom. The molecule has 0 saturated carbocycles. The molecule has 0 bridgehead atoms. The molecule has 2 rings (SSSR count). The van der Waals surface area contributed by atoms with Crippen molar-refractivity contribution in [2.45, 2.75) is 25.3 Å². The van der Waals surface area contributed by atoms with Crippen LogP contribution in [-0.4, -0.2) is 40.6 Å². The Balaban J connectivity index is 2.02. The molecule has 0 saturated heterocycles. The van der Waals surface area contributed by atoms with Gasteiger partial charge in [0.15, 0.2) is 0 Å². The third kappa shape index (κ3) is 8.05. The summed E-state index contributed by atoms with van der Waals surface area (Å²) >= 11 is 0. The topological polar surface area (TPSA) is 116 Å². The second kappa shape index (κ2) is 10.8. The van der Waals surface area contributed by atoms with Crippen molar-refractivity contribution in [3.8, 4) is 0 Å². The van der Waals surface area contributed by atoms with E-state index in [2.05, 4.69) is 10.4 Å². The summed E-state index contributed by atoms with van der Waals surface area (Å²) in [6.07, 6.45) is 0.398. The Labute approximate surface area is 164 Å².